The van der Waals surface area contributed by atoms with Gasteiger partial charge in [-0.15, -0.1) is 0 Å². The van der Waals surface area contributed by atoms with Crippen LogP contribution in [0.1, 0.15) is 46.1 Å². The van der Waals surface area contributed by atoms with Gasteiger partial charge in [0.25, 0.3) is 0 Å². The summed E-state index contributed by atoms with van der Waals surface area (Å²) in [6, 6.07) is 7.06. The number of nitrogens with one attached hydrogen (secondary N) is 1. The molecule has 1 aromatic carbocycles. The Morgan fingerprint density at radius 3 is 2.30 bits per heavy atom. The largest absolute Gasteiger partial charge is 0.368 e. The van der Waals surface area contributed by atoms with Crippen LogP contribution in [0.4, 0.5) is 5.69 Å². The maximum Gasteiger partial charge on any atom is 0.0471 e. The Bertz CT molecular complexity index is 400. The zero-order valence-electron chi connectivity index (χ0n) is 13.5. The first-order chi connectivity index (χ1) is 9.53. The van der Waals surface area contributed by atoms with Crippen molar-refractivity contribution in [2.75, 3.05) is 18.5 Å². The molecule has 2 nitrogen and oxygen atoms in total. The van der Waals surface area contributed by atoms with Gasteiger partial charge in [0, 0.05) is 29.8 Å². The van der Waals surface area contributed by atoms with Gasteiger partial charge in [-0.1, -0.05) is 45.4 Å². The fourth-order valence-electron chi connectivity index (χ4n) is 2.64. The van der Waals surface area contributed by atoms with E-state index in [1.54, 1.807) is 0 Å². The van der Waals surface area contributed by atoms with Gasteiger partial charge in [-0.3, -0.25) is 0 Å². The maximum absolute atomic E-state index is 6.41. The molecule has 1 N–H and O–H groups in total. The average Bonchev–Trinajstić information content (AvgIpc) is 2.41. The van der Waals surface area contributed by atoms with Crippen LogP contribution in [0, 0.1) is 5.92 Å². The predicted octanol–water partition coefficient (Wildman–Crippen LogP) is 4.71. The van der Waals surface area contributed by atoms with Crippen LogP contribution in [0.5, 0.6) is 0 Å². The Morgan fingerprint density at radius 1 is 1.20 bits per heavy atom. The second-order valence-electron chi connectivity index (χ2n) is 5.82. The number of hydrogen-bond acceptors (Lipinski definition) is 2. The van der Waals surface area contributed by atoms with Crippen LogP contribution in [0.15, 0.2) is 18.2 Å². The fraction of sp³-hybridized carbons (Fsp3) is 0.647. The molecule has 0 atom stereocenters. The molecule has 1 aromatic rings. The Morgan fingerprint density at radius 2 is 1.85 bits per heavy atom. The summed E-state index contributed by atoms with van der Waals surface area (Å²) in [5.74, 6) is 0.645. The molecule has 20 heavy (non-hydrogen) atoms. The molecule has 0 radical (unpaired) electrons. The highest BCUT2D eigenvalue weighted by Crippen LogP contribution is 2.27. The van der Waals surface area contributed by atoms with E-state index in [1.165, 1.54) is 18.5 Å². The summed E-state index contributed by atoms with van der Waals surface area (Å²) < 4.78 is 0. The van der Waals surface area contributed by atoms with Gasteiger partial charge in [-0.05, 0) is 43.5 Å². The van der Waals surface area contributed by atoms with Gasteiger partial charge in [-0.25, -0.2) is 0 Å². The van der Waals surface area contributed by atoms with Crippen LogP contribution >= 0.6 is 11.6 Å². The van der Waals surface area contributed by atoms with Crippen LogP contribution in [0.25, 0.3) is 0 Å². The second kappa shape index (κ2) is 8.53. The van der Waals surface area contributed by atoms with Gasteiger partial charge >= 0.3 is 0 Å². The lowest BCUT2D eigenvalue weighted by molar-refractivity contribution is 0.507. The molecular weight excluding hydrogens is 268 g/mol. The summed E-state index contributed by atoms with van der Waals surface area (Å²) in [4.78, 5) is 2.51. The molecule has 114 valence electrons. The number of rotatable bonds is 8. The van der Waals surface area contributed by atoms with Crippen LogP contribution in [0.2, 0.25) is 5.02 Å². The number of halogens is 1. The highest BCUT2D eigenvalue weighted by Gasteiger charge is 2.17. The average molecular weight is 297 g/mol. The highest BCUT2D eigenvalue weighted by atomic mass is 35.5. The first kappa shape index (κ1) is 17.3. The lowest BCUT2D eigenvalue weighted by Gasteiger charge is -2.34. The summed E-state index contributed by atoms with van der Waals surface area (Å²) in [6.45, 7) is 11.0. The summed E-state index contributed by atoms with van der Waals surface area (Å²) in [5.41, 5.74) is 2.41. The first-order valence-corrected chi connectivity index (χ1v) is 8.10. The van der Waals surface area contributed by atoms with Gasteiger partial charge in [0.1, 0.15) is 0 Å². The van der Waals surface area contributed by atoms with E-state index >= 15 is 0 Å². The zero-order chi connectivity index (χ0) is 15.1. The van der Waals surface area contributed by atoms with Crippen molar-refractivity contribution in [3.8, 4) is 0 Å². The number of nitrogens with zero attached hydrogens (tertiary/aromatic N) is 1. The Hall–Kier alpha value is -0.730. The quantitative estimate of drug-likeness (QED) is 0.747. The first-order valence-electron chi connectivity index (χ1n) is 7.73. The lowest BCUT2D eigenvalue weighted by Crippen LogP contribution is -2.37. The van der Waals surface area contributed by atoms with Crippen molar-refractivity contribution in [2.24, 2.45) is 5.92 Å². The second-order valence-corrected chi connectivity index (χ2v) is 6.23. The van der Waals surface area contributed by atoms with Crippen molar-refractivity contribution in [3.63, 3.8) is 0 Å². The molecule has 0 unspecified atom stereocenters. The van der Waals surface area contributed by atoms with Crippen molar-refractivity contribution in [3.05, 3.63) is 28.8 Å². The molecule has 0 saturated heterocycles. The molecule has 0 fully saturated rings. The predicted molar refractivity (Wildman–Crippen MR) is 90.8 cm³/mol. The smallest absolute Gasteiger partial charge is 0.0471 e. The number of hydrogen-bond donors (Lipinski definition) is 1. The van der Waals surface area contributed by atoms with Crippen molar-refractivity contribution in [2.45, 2.75) is 53.1 Å². The molecule has 0 aromatic heterocycles. The van der Waals surface area contributed by atoms with Gasteiger partial charge in [0.05, 0.1) is 0 Å². The van der Waals surface area contributed by atoms with Gasteiger partial charge in [0.2, 0.25) is 0 Å². The maximum atomic E-state index is 6.41. The van der Waals surface area contributed by atoms with Crippen LogP contribution in [0.3, 0.4) is 0 Å². The van der Waals surface area contributed by atoms with Crippen molar-refractivity contribution in [1.82, 2.24) is 5.32 Å². The molecular formula is C17H29ClN2. The Balaban J connectivity index is 3.03. The van der Waals surface area contributed by atoms with E-state index < -0.39 is 0 Å². The normalized spacial score (nSPS) is 11.4. The minimum atomic E-state index is 0.587. The van der Waals surface area contributed by atoms with Gasteiger partial charge in [-0.2, -0.15) is 0 Å². The molecule has 1 rings (SSSR count). The molecule has 0 spiro atoms. The molecule has 0 heterocycles. The molecule has 0 saturated carbocycles. The minimum absolute atomic E-state index is 0.587. The molecule has 0 bridgehead atoms. The van der Waals surface area contributed by atoms with E-state index in [0.29, 0.717) is 12.0 Å². The third-order valence-corrected chi connectivity index (χ3v) is 4.03. The fourth-order valence-corrected chi connectivity index (χ4v) is 2.88. The minimum Gasteiger partial charge on any atom is -0.368 e. The van der Waals surface area contributed by atoms with Gasteiger partial charge < -0.3 is 10.2 Å². The van der Waals surface area contributed by atoms with Crippen molar-refractivity contribution < 1.29 is 0 Å². The van der Waals surface area contributed by atoms with Crippen LogP contribution in [-0.2, 0) is 6.54 Å². The monoisotopic (exact) mass is 296 g/mol. The van der Waals surface area contributed by atoms with E-state index in [4.69, 9.17) is 11.6 Å². The summed E-state index contributed by atoms with van der Waals surface area (Å²) in [7, 11) is 1.94. The summed E-state index contributed by atoms with van der Waals surface area (Å²) in [5, 5.41) is 4.01. The number of benzene rings is 1. The lowest BCUT2D eigenvalue weighted by atomic mass is 10.1. The Kier molecular flexibility index (Phi) is 7.39. The summed E-state index contributed by atoms with van der Waals surface area (Å²) in [6.07, 6.45) is 2.33. The molecule has 0 amide bonds. The third-order valence-electron chi connectivity index (χ3n) is 3.68. The third kappa shape index (κ3) is 4.68. The van der Waals surface area contributed by atoms with Gasteiger partial charge in [0.15, 0.2) is 0 Å². The molecule has 3 heteroatoms. The topological polar surface area (TPSA) is 15.3 Å². The zero-order valence-corrected chi connectivity index (χ0v) is 14.3. The SMILES string of the molecule is CCC(CC)N(CC(C)C)c1ccc(CNC)c(Cl)c1. The van der Waals surface area contributed by atoms with Crippen LogP contribution < -0.4 is 10.2 Å². The molecule has 0 aliphatic carbocycles. The van der Waals surface area contributed by atoms with E-state index in [1.807, 2.05) is 7.05 Å². The van der Waals surface area contributed by atoms with Crippen LogP contribution in [-0.4, -0.2) is 19.6 Å². The van der Waals surface area contributed by atoms with E-state index in [9.17, 15) is 0 Å². The standard InChI is InChI=1S/C17H29ClN2/c1-6-15(7-2)20(12-13(3)4)16-9-8-14(11-19-5)17(18)10-16/h8-10,13,15,19H,6-7,11-12H2,1-5H3. The highest BCUT2D eigenvalue weighted by molar-refractivity contribution is 6.31. The van der Waals surface area contributed by atoms with Crippen molar-refractivity contribution in [1.29, 1.82) is 0 Å². The van der Waals surface area contributed by atoms with Crippen molar-refractivity contribution >= 4 is 17.3 Å². The molecule has 0 aliphatic heterocycles. The Labute approximate surface area is 129 Å². The van der Waals surface area contributed by atoms with E-state index in [0.717, 1.165) is 23.7 Å². The molecule has 0 aliphatic rings. The van der Waals surface area contributed by atoms with E-state index in [2.05, 4.69) is 56.1 Å². The summed E-state index contributed by atoms with van der Waals surface area (Å²) >= 11 is 6.41. The van der Waals surface area contributed by atoms with E-state index in [-0.39, 0.29) is 0 Å². The number of anilines is 1.